The summed E-state index contributed by atoms with van der Waals surface area (Å²) < 4.78 is 9.25. The van der Waals surface area contributed by atoms with Crippen molar-refractivity contribution in [1.29, 1.82) is 0 Å². The molecular weight excluding hydrogens is 260 g/mol. The summed E-state index contributed by atoms with van der Waals surface area (Å²) in [6, 6.07) is 4.02. The molecule has 0 aliphatic rings. The second kappa shape index (κ2) is 6.86. The first-order chi connectivity index (χ1) is 8.58. The summed E-state index contributed by atoms with van der Waals surface area (Å²) in [6.07, 6.45) is 0.453. The quantitative estimate of drug-likeness (QED) is 0.507. The zero-order chi connectivity index (χ0) is 13.5. The fraction of sp³-hybridized carbons (Fsp3) is 0.333. The molecule has 0 amide bonds. The predicted molar refractivity (Wildman–Crippen MR) is 65.2 cm³/mol. The lowest BCUT2D eigenvalue weighted by Gasteiger charge is -2.08. The lowest BCUT2D eigenvalue weighted by molar-refractivity contribution is 0.0695. The molecule has 98 valence electrons. The van der Waals surface area contributed by atoms with Gasteiger partial charge >= 0.3 is 12.1 Å². The van der Waals surface area contributed by atoms with Crippen LogP contribution in [0.25, 0.3) is 0 Å². The molecule has 0 aliphatic carbocycles. The van der Waals surface area contributed by atoms with Crippen LogP contribution in [0.1, 0.15) is 29.3 Å². The highest BCUT2D eigenvalue weighted by Crippen LogP contribution is 2.20. The zero-order valence-corrected chi connectivity index (χ0v) is 10.6. The summed E-state index contributed by atoms with van der Waals surface area (Å²) in [5, 5.41) is 9.00. The number of aromatic carboxylic acids is 1. The van der Waals surface area contributed by atoms with E-state index in [2.05, 4.69) is 4.74 Å². The molecule has 0 aliphatic heterocycles. The molecule has 0 fully saturated rings. The summed E-state index contributed by atoms with van der Waals surface area (Å²) in [7, 11) is 0. The molecule has 18 heavy (non-hydrogen) atoms. The highest BCUT2D eigenvalue weighted by atomic mass is 35.5. The fourth-order valence-corrected chi connectivity index (χ4v) is 1.58. The number of carboxylic acid groups (broad SMARTS) is 1. The Morgan fingerprint density at radius 3 is 2.67 bits per heavy atom. The summed E-state index contributed by atoms with van der Waals surface area (Å²) in [4.78, 5) is 22.0. The van der Waals surface area contributed by atoms with Crippen molar-refractivity contribution in [3.63, 3.8) is 0 Å². The van der Waals surface area contributed by atoms with Crippen LogP contribution in [0.5, 0.6) is 5.75 Å². The van der Waals surface area contributed by atoms with Crippen molar-refractivity contribution in [1.82, 2.24) is 0 Å². The van der Waals surface area contributed by atoms with E-state index in [1.165, 1.54) is 18.2 Å². The minimum absolute atomic E-state index is 0.204. The minimum atomic E-state index is -1.01. The molecule has 0 bridgehead atoms. The molecule has 0 spiro atoms. The summed E-state index contributed by atoms with van der Waals surface area (Å²) >= 11 is 5.21. The molecule has 0 radical (unpaired) electrons. The average molecular weight is 273 g/mol. The Hall–Kier alpha value is -1.75. The van der Waals surface area contributed by atoms with E-state index in [4.69, 9.17) is 21.4 Å². The number of alkyl halides is 1. The number of aryl methyl sites for hydroxylation is 1. The second-order valence-corrected chi connectivity index (χ2v) is 3.70. The van der Waals surface area contributed by atoms with Gasteiger partial charge in [0, 0.05) is 0 Å². The van der Waals surface area contributed by atoms with E-state index < -0.39 is 12.1 Å². The van der Waals surface area contributed by atoms with E-state index in [1.54, 1.807) is 0 Å². The summed E-state index contributed by atoms with van der Waals surface area (Å²) in [5.41, 5.74) is 0.816. The van der Waals surface area contributed by atoms with Crippen LogP contribution in [0.4, 0.5) is 4.79 Å². The normalized spacial score (nSPS) is 9.89. The highest BCUT2D eigenvalue weighted by Gasteiger charge is 2.12. The Morgan fingerprint density at radius 1 is 1.39 bits per heavy atom. The highest BCUT2D eigenvalue weighted by molar-refractivity contribution is 6.17. The maximum atomic E-state index is 11.1. The monoisotopic (exact) mass is 272 g/mol. The molecule has 0 unspecified atom stereocenters. The van der Waals surface area contributed by atoms with Crippen LogP contribution in [0.2, 0.25) is 0 Å². The number of hydrogen-bond acceptors (Lipinski definition) is 4. The van der Waals surface area contributed by atoms with Crippen molar-refractivity contribution in [3.8, 4) is 5.75 Å². The molecule has 1 aromatic rings. The Labute approximate surface area is 109 Å². The standard InChI is InChI=1S/C12H13ClO5/c1-2-3-8-6-9(18-12(16)17-7-13)4-5-10(8)11(14)15/h4-6H,2-3,7H2,1H3,(H,14,15). The van der Waals surface area contributed by atoms with E-state index in [-0.39, 0.29) is 17.4 Å². The Kier molecular flexibility index (Phi) is 5.45. The summed E-state index contributed by atoms with van der Waals surface area (Å²) in [5.74, 6) is -0.771. The van der Waals surface area contributed by atoms with Gasteiger partial charge in [-0.2, -0.15) is 0 Å². The molecule has 5 nitrogen and oxygen atoms in total. The molecule has 0 saturated heterocycles. The van der Waals surface area contributed by atoms with Crippen molar-refractivity contribution < 1.29 is 24.2 Å². The van der Waals surface area contributed by atoms with Gasteiger partial charge in [0.05, 0.1) is 5.56 Å². The molecular formula is C12H13ClO5. The third-order valence-electron chi connectivity index (χ3n) is 2.20. The predicted octanol–water partition coefficient (Wildman–Crippen LogP) is 3.05. The van der Waals surface area contributed by atoms with E-state index in [9.17, 15) is 9.59 Å². The number of rotatable bonds is 5. The van der Waals surface area contributed by atoms with Gasteiger partial charge in [-0.1, -0.05) is 24.9 Å². The van der Waals surface area contributed by atoms with Crippen LogP contribution < -0.4 is 4.74 Å². The number of halogens is 1. The Bertz CT molecular complexity index is 444. The van der Waals surface area contributed by atoms with Crippen molar-refractivity contribution in [3.05, 3.63) is 29.3 Å². The van der Waals surface area contributed by atoms with Gasteiger partial charge in [0.1, 0.15) is 5.75 Å². The molecule has 1 aromatic carbocycles. The number of hydrogen-bond donors (Lipinski definition) is 1. The lowest BCUT2D eigenvalue weighted by atomic mass is 10.0. The third kappa shape index (κ3) is 3.92. The fourth-order valence-electron chi connectivity index (χ4n) is 1.49. The molecule has 1 N–H and O–H groups in total. The van der Waals surface area contributed by atoms with Crippen LogP contribution in [-0.4, -0.2) is 23.3 Å². The molecule has 0 heterocycles. The molecule has 0 atom stereocenters. The molecule has 0 saturated carbocycles. The Morgan fingerprint density at radius 2 is 2.11 bits per heavy atom. The Balaban J connectivity index is 2.92. The maximum Gasteiger partial charge on any atom is 0.515 e. The third-order valence-corrected chi connectivity index (χ3v) is 2.31. The number of benzene rings is 1. The van der Waals surface area contributed by atoms with Gasteiger partial charge in [0.15, 0.2) is 6.07 Å². The summed E-state index contributed by atoms with van der Waals surface area (Å²) in [6.45, 7) is 1.93. The lowest BCUT2D eigenvalue weighted by Crippen LogP contribution is -2.10. The topological polar surface area (TPSA) is 72.8 Å². The first-order valence-electron chi connectivity index (χ1n) is 5.35. The van der Waals surface area contributed by atoms with Gasteiger partial charge in [0.2, 0.25) is 0 Å². The van der Waals surface area contributed by atoms with E-state index in [1.807, 2.05) is 6.92 Å². The largest absolute Gasteiger partial charge is 0.515 e. The number of carbonyl (C=O) groups is 2. The zero-order valence-electron chi connectivity index (χ0n) is 9.81. The van der Waals surface area contributed by atoms with Crippen LogP contribution >= 0.6 is 11.6 Å². The minimum Gasteiger partial charge on any atom is -0.478 e. The van der Waals surface area contributed by atoms with Crippen molar-refractivity contribution in [2.45, 2.75) is 19.8 Å². The van der Waals surface area contributed by atoms with E-state index in [0.717, 1.165) is 6.42 Å². The van der Waals surface area contributed by atoms with Gasteiger partial charge < -0.3 is 14.6 Å². The van der Waals surface area contributed by atoms with E-state index >= 15 is 0 Å². The van der Waals surface area contributed by atoms with Crippen molar-refractivity contribution >= 4 is 23.7 Å². The van der Waals surface area contributed by atoms with Crippen LogP contribution in [-0.2, 0) is 11.2 Å². The second-order valence-electron chi connectivity index (χ2n) is 3.48. The smallest absolute Gasteiger partial charge is 0.478 e. The van der Waals surface area contributed by atoms with Gasteiger partial charge in [-0.25, -0.2) is 9.59 Å². The first kappa shape index (κ1) is 14.3. The SMILES string of the molecule is CCCc1cc(OC(=O)OCCl)ccc1C(=O)O. The van der Waals surface area contributed by atoms with Gasteiger partial charge in [-0.05, 0) is 30.2 Å². The van der Waals surface area contributed by atoms with Gasteiger partial charge in [-0.3, -0.25) is 0 Å². The van der Waals surface area contributed by atoms with Crippen LogP contribution in [0, 0.1) is 0 Å². The van der Waals surface area contributed by atoms with E-state index in [0.29, 0.717) is 12.0 Å². The molecule has 0 aromatic heterocycles. The first-order valence-corrected chi connectivity index (χ1v) is 5.88. The number of carbonyl (C=O) groups excluding carboxylic acids is 1. The van der Waals surface area contributed by atoms with Crippen molar-refractivity contribution in [2.24, 2.45) is 0 Å². The molecule has 1 rings (SSSR count). The molecule has 6 heteroatoms. The van der Waals surface area contributed by atoms with Crippen LogP contribution in [0.3, 0.4) is 0 Å². The maximum absolute atomic E-state index is 11.1. The average Bonchev–Trinajstić information content (AvgIpc) is 2.29. The van der Waals surface area contributed by atoms with Crippen molar-refractivity contribution in [2.75, 3.05) is 6.07 Å². The van der Waals surface area contributed by atoms with Crippen LogP contribution in [0.15, 0.2) is 18.2 Å². The van der Waals surface area contributed by atoms with Gasteiger partial charge in [-0.15, -0.1) is 0 Å². The number of carboxylic acids is 1. The van der Waals surface area contributed by atoms with Gasteiger partial charge in [0.25, 0.3) is 0 Å². The number of ether oxygens (including phenoxy) is 2.